The Labute approximate surface area is 161 Å². The first kappa shape index (κ1) is 20.1. The maximum atomic E-state index is 12.6. The first-order valence-electron chi connectivity index (χ1n) is 8.86. The van der Waals surface area contributed by atoms with Crippen molar-refractivity contribution in [3.05, 3.63) is 54.1 Å². The van der Waals surface area contributed by atoms with Gasteiger partial charge in [0.05, 0.1) is 16.6 Å². The van der Waals surface area contributed by atoms with Crippen LogP contribution in [-0.2, 0) is 0 Å². The summed E-state index contributed by atoms with van der Waals surface area (Å²) < 4.78 is 0. The number of benzene rings is 2. The number of carbonyl (C=O) groups is 1. The van der Waals surface area contributed by atoms with Crippen LogP contribution in [0.5, 0.6) is 0 Å². The molecule has 1 N–H and O–H groups in total. The van der Waals surface area contributed by atoms with Gasteiger partial charge in [-0.2, -0.15) is 0 Å². The lowest BCUT2D eigenvalue weighted by Crippen LogP contribution is -2.25. The van der Waals surface area contributed by atoms with Crippen LogP contribution in [0.2, 0.25) is 0 Å². The number of hydrogen-bond donors (Lipinski definition) is 1. The predicted octanol–water partition coefficient (Wildman–Crippen LogP) is 4.27. The molecule has 26 heavy (non-hydrogen) atoms. The zero-order chi connectivity index (χ0) is 17.6. The molecule has 5 heteroatoms. The van der Waals surface area contributed by atoms with E-state index in [9.17, 15) is 4.79 Å². The zero-order valence-corrected chi connectivity index (χ0v) is 16.2. The van der Waals surface area contributed by atoms with E-state index in [1.54, 1.807) is 0 Å². The second-order valence-electron chi connectivity index (χ2n) is 6.68. The standard InChI is InChI=1S/C21H25N3O.ClH/c1-24(2)14-7-3-6-13-22-21(25)18-11-8-10-17-15-16-9-4-5-12-19(16)23-20(17)18;/h4-5,8-12,15H,3,6-7,13-14H2,1-2H3,(H,22,25);1H. The largest absolute Gasteiger partial charge is 0.352 e. The molecule has 3 rings (SSSR count). The number of rotatable bonds is 7. The maximum absolute atomic E-state index is 12.6. The van der Waals surface area contributed by atoms with Crippen LogP contribution in [-0.4, -0.2) is 43.0 Å². The quantitative estimate of drug-likeness (QED) is 0.498. The summed E-state index contributed by atoms with van der Waals surface area (Å²) in [4.78, 5) is 19.5. The highest BCUT2D eigenvalue weighted by atomic mass is 35.5. The van der Waals surface area contributed by atoms with Gasteiger partial charge in [0.2, 0.25) is 0 Å². The van der Waals surface area contributed by atoms with Crippen molar-refractivity contribution in [2.24, 2.45) is 0 Å². The van der Waals surface area contributed by atoms with Crippen LogP contribution in [0, 0.1) is 0 Å². The molecule has 0 spiro atoms. The second kappa shape index (κ2) is 9.51. The van der Waals surface area contributed by atoms with Gasteiger partial charge < -0.3 is 10.2 Å². The maximum Gasteiger partial charge on any atom is 0.253 e. The van der Waals surface area contributed by atoms with Crippen LogP contribution >= 0.6 is 12.4 Å². The van der Waals surface area contributed by atoms with Crippen LogP contribution in [0.25, 0.3) is 21.8 Å². The van der Waals surface area contributed by atoms with Gasteiger partial charge in [0.25, 0.3) is 5.91 Å². The van der Waals surface area contributed by atoms with E-state index in [1.165, 1.54) is 0 Å². The van der Waals surface area contributed by atoms with Crippen LogP contribution in [0.1, 0.15) is 29.6 Å². The third-order valence-electron chi connectivity index (χ3n) is 4.36. The van der Waals surface area contributed by atoms with Crippen molar-refractivity contribution >= 4 is 40.1 Å². The van der Waals surface area contributed by atoms with E-state index in [1.807, 2.05) is 42.5 Å². The average molecular weight is 372 g/mol. The topological polar surface area (TPSA) is 45.2 Å². The molecular formula is C21H26ClN3O. The van der Waals surface area contributed by atoms with Gasteiger partial charge in [-0.1, -0.05) is 36.8 Å². The molecule has 138 valence electrons. The number of halogens is 1. The van der Waals surface area contributed by atoms with E-state index in [-0.39, 0.29) is 18.3 Å². The van der Waals surface area contributed by atoms with Gasteiger partial charge in [0, 0.05) is 17.3 Å². The fraction of sp³-hybridized carbons (Fsp3) is 0.333. The molecule has 0 fully saturated rings. The molecule has 1 heterocycles. The first-order valence-corrected chi connectivity index (χ1v) is 8.86. The van der Waals surface area contributed by atoms with E-state index in [0.29, 0.717) is 12.1 Å². The molecule has 4 nitrogen and oxygen atoms in total. The van der Waals surface area contributed by atoms with E-state index < -0.39 is 0 Å². The normalized spacial score (nSPS) is 10.9. The van der Waals surface area contributed by atoms with E-state index in [4.69, 9.17) is 4.98 Å². The van der Waals surface area contributed by atoms with Crippen LogP contribution in [0.4, 0.5) is 0 Å². The number of para-hydroxylation sites is 2. The fourth-order valence-corrected chi connectivity index (χ4v) is 3.01. The highest BCUT2D eigenvalue weighted by molar-refractivity contribution is 6.07. The number of unbranched alkanes of at least 4 members (excludes halogenated alkanes) is 2. The average Bonchev–Trinajstić information content (AvgIpc) is 2.61. The van der Waals surface area contributed by atoms with Crippen molar-refractivity contribution in [2.45, 2.75) is 19.3 Å². The van der Waals surface area contributed by atoms with Crippen LogP contribution in [0.15, 0.2) is 48.5 Å². The van der Waals surface area contributed by atoms with Crippen molar-refractivity contribution in [1.29, 1.82) is 0 Å². The van der Waals surface area contributed by atoms with Gasteiger partial charge in [-0.3, -0.25) is 4.79 Å². The monoisotopic (exact) mass is 371 g/mol. The lowest BCUT2D eigenvalue weighted by Gasteiger charge is -2.10. The number of pyridine rings is 1. The molecule has 0 bridgehead atoms. The number of hydrogen-bond acceptors (Lipinski definition) is 3. The van der Waals surface area contributed by atoms with Gasteiger partial charge in [0.1, 0.15) is 0 Å². The Balaban J connectivity index is 0.00000243. The molecule has 0 aliphatic heterocycles. The van der Waals surface area contributed by atoms with Crippen LogP contribution in [0.3, 0.4) is 0 Å². The van der Waals surface area contributed by atoms with E-state index >= 15 is 0 Å². The summed E-state index contributed by atoms with van der Waals surface area (Å²) in [5, 5.41) is 5.12. The minimum atomic E-state index is -0.0407. The smallest absolute Gasteiger partial charge is 0.253 e. The molecular weight excluding hydrogens is 346 g/mol. The SMILES string of the molecule is CN(C)CCCCCNC(=O)c1cccc2cc3ccccc3nc12.Cl. The number of aromatic nitrogens is 1. The third kappa shape index (κ3) is 4.93. The molecule has 0 atom stereocenters. The Hall–Kier alpha value is -2.17. The Morgan fingerprint density at radius 2 is 1.77 bits per heavy atom. The van der Waals surface area contributed by atoms with E-state index in [2.05, 4.69) is 30.4 Å². The van der Waals surface area contributed by atoms with Gasteiger partial charge in [-0.05, 0) is 51.7 Å². The van der Waals surface area contributed by atoms with Gasteiger partial charge in [-0.25, -0.2) is 4.98 Å². The number of nitrogens with one attached hydrogen (secondary N) is 1. The molecule has 0 saturated carbocycles. The van der Waals surface area contributed by atoms with Gasteiger partial charge >= 0.3 is 0 Å². The number of carbonyl (C=O) groups excluding carboxylic acids is 1. The van der Waals surface area contributed by atoms with Crippen molar-refractivity contribution in [3.8, 4) is 0 Å². The minimum absolute atomic E-state index is 0. The van der Waals surface area contributed by atoms with E-state index in [0.717, 1.165) is 47.6 Å². The van der Waals surface area contributed by atoms with Gasteiger partial charge in [0.15, 0.2) is 0 Å². The molecule has 3 aromatic rings. The Morgan fingerprint density at radius 1 is 1.00 bits per heavy atom. The summed E-state index contributed by atoms with van der Waals surface area (Å²) >= 11 is 0. The lowest BCUT2D eigenvalue weighted by molar-refractivity contribution is 0.0954. The molecule has 0 aliphatic carbocycles. The summed E-state index contributed by atoms with van der Waals surface area (Å²) in [5.41, 5.74) is 2.33. The molecule has 0 radical (unpaired) electrons. The predicted molar refractivity (Wildman–Crippen MR) is 111 cm³/mol. The van der Waals surface area contributed by atoms with Gasteiger partial charge in [-0.15, -0.1) is 12.4 Å². The molecule has 2 aromatic carbocycles. The van der Waals surface area contributed by atoms with Crippen molar-refractivity contribution in [1.82, 2.24) is 15.2 Å². The van der Waals surface area contributed by atoms with Crippen molar-refractivity contribution in [3.63, 3.8) is 0 Å². The summed E-state index contributed by atoms with van der Waals surface area (Å²) in [5.74, 6) is -0.0407. The molecule has 0 aliphatic rings. The Morgan fingerprint density at radius 3 is 2.58 bits per heavy atom. The molecule has 0 unspecified atom stereocenters. The lowest BCUT2D eigenvalue weighted by atomic mass is 10.1. The molecule has 1 amide bonds. The van der Waals surface area contributed by atoms with Crippen molar-refractivity contribution < 1.29 is 4.79 Å². The van der Waals surface area contributed by atoms with Crippen molar-refractivity contribution in [2.75, 3.05) is 27.2 Å². The number of nitrogens with zero attached hydrogens (tertiary/aromatic N) is 2. The Bertz CT molecular complexity index is 879. The fourth-order valence-electron chi connectivity index (χ4n) is 3.01. The summed E-state index contributed by atoms with van der Waals surface area (Å²) in [6.45, 7) is 1.80. The highest BCUT2D eigenvalue weighted by Crippen LogP contribution is 2.22. The summed E-state index contributed by atoms with van der Waals surface area (Å²) in [7, 11) is 4.16. The highest BCUT2D eigenvalue weighted by Gasteiger charge is 2.11. The molecule has 0 saturated heterocycles. The first-order chi connectivity index (χ1) is 12.1. The van der Waals surface area contributed by atoms with Crippen LogP contribution < -0.4 is 5.32 Å². The summed E-state index contributed by atoms with van der Waals surface area (Å²) in [6, 6.07) is 15.9. The minimum Gasteiger partial charge on any atom is -0.352 e. The Kier molecular flexibility index (Phi) is 7.37. The summed E-state index contributed by atoms with van der Waals surface area (Å²) in [6.07, 6.45) is 3.28. The number of fused-ring (bicyclic) bond motifs is 2. The third-order valence-corrected chi connectivity index (χ3v) is 4.36. The molecule has 1 aromatic heterocycles. The second-order valence-corrected chi connectivity index (χ2v) is 6.68. The zero-order valence-electron chi connectivity index (χ0n) is 15.4. The number of amides is 1.